The van der Waals surface area contributed by atoms with Gasteiger partial charge in [-0.1, -0.05) is 91.1 Å². The number of rotatable bonds is 11. The number of unbranched alkanes of at least 4 members (excludes halogenated alkanes) is 1. The summed E-state index contributed by atoms with van der Waals surface area (Å²) in [7, 11) is 0. The molecule has 0 saturated heterocycles. The van der Waals surface area contributed by atoms with Crippen molar-refractivity contribution < 1.29 is 9.59 Å². The van der Waals surface area contributed by atoms with Crippen molar-refractivity contribution >= 4 is 35.0 Å². The van der Waals surface area contributed by atoms with Gasteiger partial charge < -0.3 is 10.2 Å². The molecular weight excluding hydrogens is 491 g/mol. The van der Waals surface area contributed by atoms with Crippen LogP contribution in [0.15, 0.2) is 66.7 Å². The van der Waals surface area contributed by atoms with Gasteiger partial charge in [-0.05, 0) is 60.2 Å². The maximum Gasteiger partial charge on any atom is 0.243 e. The summed E-state index contributed by atoms with van der Waals surface area (Å²) in [6, 6.07) is 20.5. The molecule has 2 amide bonds. The van der Waals surface area contributed by atoms with E-state index < -0.39 is 6.04 Å². The molecule has 0 spiro atoms. The fourth-order valence-corrected chi connectivity index (χ4v) is 4.41. The largest absolute Gasteiger partial charge is 0.354 e. The molecule has 0 saturated carbocycles. The van der Waals surface area contributed by atoms with Crippen LogP contribution in [0.2, 0.25) is 10.0 Å². The Kier molecular flexibility index (Phi) is 10.4. The van der Waals surface area contributed by atoms with Crippen LogP contribution in [0, 0.1) is 13.8 Å². The van der Waals surface area contributed by atoms with E-state index in [1.807, 2.05) is 68.4 Å². The van der Waals surface area contributed by atoms with Gasteiger partial charge in [0, 0.05) is 19.5 Å². The summed E-state index contributed by atoms with van der Waals surface area (Å²) >= 11 is 12.4. The Labute approximate surface area is 224 Å². The molecule has 6 heteroatoms. The smallest absolute Gasteiger partial charge is 0.243 e. The first-order chi connectivity index (χ1) is 17.3. The summed E-state index contributed by atoms with van der Waals surface area (Å²) in [6.45, 7) is 6.99. The summed E-state index contributed by atoms with van der Waals surface area (Å²) in [6.07, 6.45) is 2.48. The number of amides is 2. The normalized spacial score (nSPS) is 11.7. The Balaban J connectivity index is 1.97. The van der Waals surface area contributed by atoms with Crippen LogP contribution in [-0.4, -0.2) is 29.3 Å². The molecule has 3 aromatic carbocycles. The van der Waals surface area contributed by atoms with Crippen molar-refractivity contribution in [3.05, 3.63) is 105 Å². The van der Waals surface area contributed by atoms with Crippen LogP contribution >= 0.6 is 23.2 Å². The number of hydrogen-bond acceptors (Lipinski definition) is 2. The van der Waals surface area contributed by atoms with Crippen molar-refractivity contribution in [3.8, 4) is 0 Å². The van der Waals surface area contributed by atoms with Crippen LogP contribution in [0.1, 0.15) is 47.6 Å². The highest BCUT2D eigenvalue weighted by Crippen LogP contribution is 2.25. The van der Waals surface area contributed by atoms with Gasteiger partial charge in [-0.3, -0.25) is 9.59 Å². The number of nitrogens with one attached hydrogen (secondary N) is 1. The number of carbonyl (C=O) groups excluding carboxylic acids is 2. The van der Waals surface area contributed by atoms with E-state index in [9.17, 15) is 9.59 Å². The number of benzene rings is 3. The molecule has 36 heavy (non-hydrogen) atoms. The second-order valence-electron chi connectivity index (χ2n) is 9.22. The third-order valence-corrected chi connectivity index (χ3v) is 7.10. The molecular formula is C30H34Cl2N2O2. The summed E-state index contributed by atoms with van der Waals surface area (Å²) in [4.78, 5) is 29.0. The summed E-state index contributed by atoms with van der Waals surface area (Å²) in [5.74, 6) is -0.267. The van der Waals surface area contributed by atoms with Gasteiger partial charge in [0.25, 0.3) is 0 Å². The molecule has 1 atom stereocenters. The number of nitrogens with zero attached hydrogens (tertiary/aromatic N) is 1. The maximum absolute atomic E-state index is 13.8. The Morgan fingerprint density at radius 1 is 0.861 bits per heavy atom. The summed E-state index contributed by atoms with van der Waals surface area (Å²) < 4.78 is 0. The maximum atomic E-state index is 13.8. The van der Waals surface area contributed by atoms with Gasteiger partial charge in [0.05, 0.1) is 16.5 Å². The lowest BCUT2D eigenvalue weighted by molar-refractivity contribution is -0.140. The van der Waals surface area contributed by atoms with Crippen molar-refractivity contribution in [2.24, 2.45) is 0 Å². The fraction of sp³-hybridized carbons (Fsp3) is 0.333. The Hall–Kier alpha value is -2.82. The standard InChI is InChI=1S/C30H34Cl2N2O2/c1-4-5-15-33-30(36)28(18-23-9-7-6-8-10-23)34(20-25-13-14-26(31)27(32)17-25)29(35)19-24-12-11-21(2)22(3)16-24/h6-14,16-17,28H,4-5,15,18-20H2,1-3H3,(H,33,36). The molecule has 0 radical (unpaired) electrons. The molecule has 3 rings (SSSR count). The zero-order chi connectivity index (χ0) is 26.1. The number of hydrogen-bond donors (Lipinski definition) is 1. The van der Waals surface area contributed by atoms with Gasteiger partial charge in [0.2, 0.25) is 11.8 Å². The lowest BCUT2D eigenvalue weighted by Gasteiger charge is -2.32. The van der Waals surface area contributed by atoms with E-state index in [4.69, 9.17) is 23.2 Å². The Morgan fingerprint density at radius 3 is 2.25 bits per heavy atom. The minimum atomic E-state index is -0.669. The fourth-order valence-electron chi connectivity index (χ4n) is 4.08. The summed E-state index contributed by atoms with van der Waals surface area (Å²) in [5, 5.41) is 3.92. The topological polar surface area (TPSA) is 49.4 Å². The van der Waals surface area contributed by atoms with Crippen LogP contribution in [0.25, 0.3) is 0 Å². The predicted molar refractivity (Wildman–Crippen MR) is 148 cm³/mol. The zero-order valence-corrected chi connectivity index (χ0v) is 22.7. The van der Waals surface area contributed by atoms with Crippen molar-refractivity contribution in [3.63, 3.8) is 0 Å². The Morgan fingerprint density at radius 2 is 1.58 bits per heavy atom. The molecule has 0 fully saturated rings. The highest BCUT2D eigenvalue weighted by Gasteiger charge is 2.30. The molecule has 0 bridgehead atoms. The molecule has 0 aliphatic carbocycles. The first-order valence-electron chi connectivity index (χ1n) is 12.4. The Bertz CT molecular complexity index is 1180. The second-order valence-corrected chi connectivity index (χ2v) is 10.0. The van der Waals surface area contributed by atoms with Gasteiger partial charge >= 0.3 is 0 Å². The van der Waals surface area contributed by atoms with E-state index in [0.717, 1.165) is 35.1 Å². The highest BCUT2D eigenvalue weighted by molar-refractivity contribution is 6.42. The van der Waals surface area contributed by atoms with Crippen molar-refractivity contribution in [1.29, 1.82) is 0 Å². The van der Waals surface area contributed by atoms with E-state index >= 15 is 0 Å². The number of carbonyl (C=O) groups is 2. The molecule has 0 aliphatic rings. The average molecular weight is 526 g/mol. The van der Waals surface area contributed by atoms with E-state index in [1.165, 1.54) is 5.56 Å². The van der Waals surface area contributed by atoms with E-state index in [1.54, 1.807) is 17.0 Å². The zero-order valence-electron chi connectivity index (χ0n) is 21.2. The predicted octanol–water partition coefficient (Wildman–Crippen LogP) is 6.71. The van der Waals surface area contributed by atoms with E-state index in [2.05, 4.69) is 12.2 Å². The van der Waals surface area contributed by atoms with E-state index in [-0.39, 0.29) is 24.8 Å². The number of halogens is 2. The molecule has 1 unspecified atom stereocenters. The molecule has 0 aliphatic heterocycles. The minimum absolute atomic E-state index is 0.115. The van der Waals surface area contributed by atoms with Crippen LogP contribution < -0.4 is 5.32 Å². The first kappa shape index (κ1) is 27.8. The molecule has 190 valence electrons. The minimum Gasteiger partial charge on any atom is -0.354 e. The van der Waals surface area contributed by atoms with Gasteiger partial charge in [0.1, 0.15) is 6.04 Å². The van der Waals surface area contributed by atoms with Gasteiger partial charge in [-0.2, -0.15) is 0 Å². The molecule has 3 aromatic rings. The molecule has 1 N–H and O–H groups in total. The van der Waals surface area contributed by atoms with Crippen LogP contribution in [0.3, 0.4) is 0 Å². The SMILES string of the molecule is CCCCNC(=O)C(Cc1ccccc1)N(Cc1ccc(Cl)c(Cl)c1)C(=O)Cc1ccc(C)c(C)c1. The third-order valence-electron chi connectivity index (χ3n) is 6.36. The molecule has 0 heterocycles. The summed E-state index contributed by atoms with van der Waals surface area (Å²) in [5.41, 5.74) is 5.04. The van der Waals surface area contributed by atoms with Gasteiger partial charge in [0.15, 0.2) is 0 Å². The van der Waals surface area contributed by atoms with Gasteiger partial charge in [-0.25, -0.2) is 0 Å². The molecule has 4 nitrogen and oxygen atoms in total. The lowest BCUT2D eigenvalue weighted by atomic mass is 10.00. The first-order valence-corrected chi connectivity index (χ1v) is 13.1. The van der Waals surface area contributed by atoms with Crippen molar-refractivity contribution in [2.45, 2.75) is 59.0 Å². The monoisotopic (exact) mass is 524 g/mol. The molecule has 0 aromatic heterocycles. The third kappa shape index (κ3) is 7.84. The van der Waals surface area contributed by atoms with Crippen LogP contribution in [0.4, 0.5) is 0 Å². The van der Waals surface area contributed by atoms with Crippen LogP contribution in [-0.2, 0) is 29.0 Å². The lowest BCUT2D eigenvalue weighted by Crippen LogP contribution is -2.51. The quantitative estimate of drug-likeness (QED) is 0.283. The highest BCUT2D eigenvalue weighted by atomic mass is 35.5. The second kappa shape index (κ2) is 13.5. The van der Waals surface area contributed by atoms with Crippen molar-refractivity contribution in [2.75, 3.05) is 6.54 Å². The van der Waals surface area contributed by atoms with Crippen LogP contribution in [0.5, 0.6) is 0 Å². The van der Waals surface area contributed by atoms with E-state index in [0.29, 0.717) is 23.0 Å². The van der Waals surface area contributed by atoms with Crippen molar-refractivity contribution in [1.82, 2.24) is 10.2 Å². The number of aryl methyl sites for hydroxylation is 2. The average Bonchev–Trinajstić information content (AvgIpc) is 2.86. The van der Waals surface area contributed by atoms with Gasteiger partial charge in [-0.15, -0.1) is 0 Å².